The zero-order valence-corrected chi connectivity index (χ0v) is 12.3. The van der Waals surface area contributed by atoms with Gasteiger partial charge in [0, 0.05) is 12.1 Å². The number of aromatic carboxylic acids is 1. The molecular formula is C17H18N2O3. The molecule has 0 aliphatic rings. The molecule has 2 rings (SSSR count). The molecule has 2 aromatic carbocycles. The van der Waals surface area contributed by atoms with Crippen molar-refractivity contribution in [2.45, 2.75) is 19.9 Å². The Morgan fingerprint density at radius 1 is 1.09 bits per heavy atom. The summed E-state index contributed by atoms with van der Waals surface area (Å²) in [5, 5.41) is 11.9. The lowest BCUT2D eigenvalue weighted by Gasteiger charge is -2.10. The lowest BCUT2D eigenvalue weighted by atomic mass is 10.1. The topological polar surface area (TPSA) is 92.4 Å². The second-order valence-electron chi connectivity index (χ2n) is 4.89. The maximum absolute atomic E-state index is 12.2. The second kappa shape index (κ2) is 6.87. The molecule has 0 saturated heterocycles. The third-order valence-corrected chi connectivity index (χ3v) is 3.42. The van der Waals surface area contributed by atoms with Crippen molar-refractivity contribution in [3.8, 4) is 0 Å². The van der Waals surface area contributed by atoms with Crippen molar-refractivity contribution in [2.24, 2.45) is 5.73 Å². The van der Waals surface area contributed by atoms with Gasteiger partial charge in [-0.05, 0) is 41.8 Å². The summed E-state index contributed by atoms with van der Waals surface area (Å²) in [6.45, 7) is 2.35. The average molecular weight is 298 g/mol. The number of amides is 1. The third kappa shape index (κ3) is 3.51. The van der Waals surface area contributed by atoms with E-state index in [1.807, 2.05) is 6.92 Å². The van der Waals surface area contributed by atoms with Crippen LogP contribution in [0.15, 0.2) is 42.5 Å². The molecule has 4 N–H and O–H groups in total. The van der Waals surface area contributed by atoms with E-state index in [1.54, 1.807) is 42.5 Å². The van der Waals surface area contributed by atoms with Crippen LogP contribution in [0, 0.1) is 0 Å². The van der Waals surface area contributed by atoms with Crippen LogP contribution in [0.25, 0.3) is 0 Å². The van der Waals surface area contributed by atoms with Crippen LogP contribution in [0.3, 0.4) is 0 Å². The molecule has 0 radical (unpaired) electrons. The monoisotopic (exact) mass is 298 g/mol. The summed E-state index contributed by atoms with van der Waals surface area (Å²) in [7, 11) is 0. The number of carboxylic acid groups (broad SMARTS) is 1. The first-order chi connectivity index (χ1) is 10.5. The van der Waals surface area contributed by atoms with Crippen molar-refractivity contribution in [1.82, 2.24) is 0 Å². The predicted molar refractivity (Wildman–Crippen MR) is 85.1 cm³/mol. The Balaban J connectivity index is 2.25. The SMILES string of the molecule is CCc1ccc(NC(=O)c2ccc(CN)cc2)c(C(=O)O)c1. The van der Waals surface area contributed by atoms with Gasteiger partial charge in [-0.15, -0.1) is 0 Å². The van der Waals surface area contributed by atoms with E-state index in [2.05, 4.69) is 5.32 Å². The number of hydrogen-bond acceptors (Lipinski definition) is 3. The average Bonchev–Trinajstić information content (AvgIpc) is 2.55. The van der Waals surface area contributed by atoms with E-state index in [4.69, 9.17) is 5.73 Å². The van der Waals surface area contributed by atoms with Crippen LogP contribution in [0.2, 0.25) is 0 Å². The molecule has 0 saturated carbocycles. The maximum Gasteiger partial charge on any atom is 0.337 e. The Bertz CT molecular complexity index is 694. The summed E-state index contributed by atoms with van der Waals surface area (Å²) in [4.78, 5) is 23.5. The molecule has 1 amide bonds. The first-order valence-corrected chi connectivity index (χ1v) is 7.01. The molecule has 0 aliphatic carbocycles. The van der Waals surface area contributed by atoms with Gasteiger partial charge in [-0.1, -0.05) is 25.1 Å². The molecule has 0 aromatic heterocycles. The van der Waals surface area contributed by atoms with Crippen LogP contribution < -0.4 is 11.1 Å². The highest BCUT2D eigenvalue weighted by molar-refractivity contribution is 6.07. The molecule has 0 bridgehead atoms. The van der Waals surface area contributed by atoms with Gasteiger partial charge in [0.15, 0.2) is 0 Å². The van der Waals surface area contributed by atoms with Crippen molar-refractivity contribution in [3.63, 3.8) is 0 Å². The summed E-state index contributed by atoms with van der Waals surface area (Å²) in [5.41, 5.74) is 8.18. The summed E-state index contributed by atoms with van der Waals surface area (Å²) in [6, 6.07) is 11.9. The lowest BCUT2D eigenvalue weighted by Crippen LogP contribution is -2.15. The molecule has 5 heteroatoms. The van der Waals surface area contributed by atoms with Gasteiger partial charge in [-0.3, -0.25) is 4.79 Å². The summed E-state index contributed by atoms with van der Waals surface area (Å²) >= 11 is 0. The number of nitrogens with two attached hydrogens (primary N) is 1. The number of carbonyl (C=O) groups is 2. The normalized spacial score (nSPS) is 10.3. The van der Waals surface area contributed by atoms with Crippen LogP contribution in [-0.4, -0.2) is 17.0 Å². The van der Waals surface area contributed by atoms with Gasteiger partial charge >= 0.3 is 5.97 Å². The standard InChI is InChI=1S/C17H18N2O3/c1-2-11-5-8-15(14(9-11)17(21)22)19-16(20)13-6-3-12(10-18)4-7-13/h3-9H,2,10,18H2,1H3,(H,19,20)(H,21,22). The van der Waals surface area contributed by atoms with Gasteiger partial charge in [-0.2, -0.15) is 0 Å². The fraction of sp³-hybridized carbons (Fsp3) is 0.176. The lowest BCUT2D eigenvalue weighted by molar-refractivity contribution is 0.0698. The minimum absolute atomic E-state index is 0.0891. The predicted octanol–water partition coefficient (Wildman–Crippen LogP) is 2.66. The van der Waals surface area contributed by atoms with Crippen molar-refractivity contribution in [3.05, 3.63) is 64.7 Å². The molecule has 0 unspecified atom stereocenters. The Hall–Kier alpha value is -2.66. The second-order valence-corrected chi connectivity index (χ2v) is 4.89. The molecule has 0 spiro atoms. The van der Waals surface area contributed by atoms with Crippen molar-refractivity contribution in [1.29, 1.82) is 0 Å². The van der Waals surface area contributed by atoms with E-state index in [0.29, 0.717) is 12.1 Å². The molecule has 0 heterocycles. The summed E-state index contributed by atoms with van der Waals surface area (Å²) in [6.07, 6.45) is 0.731. The van der Waals surface area contributed by atoms with Gasteiger partial charge in [0.05, 0.1) is 11.3 Å². The summed E-state index contributed by atoms with van der Waals surface area (Å²) < 4.78 is 0. The Morgan fingerprint density at radius 3 is 2.27 bits per heavy atom. The molecule has 0 aliphatic heterocycles. The van der Waals surface area contributed by atoms with Crippen molar-refractivity contribution in [2.75, 3.05) is 5.32 Å². The van der Waals surface area contributed by atoms with E-state index < -0.39 is 5.97 Å². The number of hydrogen-bond donors (Lipinski definition) is 3. The fourth-order valence-electron chi connectivity index (χ4n) is 2.08. The molecule has 0 fully saturated rings. The fourth-order valence-corrected chi connectivity index (χ4v) is 2.08. The number of benzene rings is 2. The third-order valence-electron chi connectivity index (χ3n) is 3.42. The summed E-state index contributed by atoms with van der Waals surface area (Å²) in [5.74, 6) is -1.42. The number of anilines is 1. The van der Waals surface area contributed by atoms with Gasteiger partial charge in [0.2, 0.25) is 0 Å². The zero-order valence-electron chi connectivity index (χ0n) is 12.3. The Morgan fingerprint density at radius 2 is 1.73 bits per heavy atom. The Kier molecular flexibility index (Phi) is 4.91. The van der Waals surface area contributed by atoms with E-state index in [9.17, 15) is 14.7 Å². The van der Waals surface area contributed by atoms with E-state index >= 15 is 0 Å². The Labute approximate surface area is 128 Å². The molecule has 0 atom stereocenters. The largest absolute Gasteiger partial charge is 0.478 e. The minimum Gasteiger partial charge on any atom is -0.478 e. The molecule has 22 heavy (non-hydrogen) atoms. The number of nitrogens with one attached hydrogen (secondary N) is 1. The van der Waals surface area contributed by atoms with Crippen LogP contribution in [0.5, 0.6) is 0 Å². The van der Waals surface area contributed by atoms with Gasteiger partial charge in [0.1, 0.15) is 0 Å². The quantitative estimate of drug-likeness (QED) is 0.791. The number of carboxylic acids is 1. The molecule has 5 nitrogen and oxygen atoms in total. The zero-order chi connectivity index (χ0) is 16.1. The van der Waals surface area contributed by atoms with Crippen molar-refractivity contribution < 1.29 is 14.7 Å². The van der Waals surface area contributed by atoms with Gasteiger partial charge in [0.25, 0.3) is 5.91 Å². The first kappa shape index (κ1) is 15.7. The van der Waals surface area contributed by atoms with Crippen LogP contribution in [0.4, 0.5) is 5.69 Å². The van der Waals surface area contributed by atoms with Crippen molar-refractivity contribution >= 4 is 17.6 Å². The minimum atomic E-state index is -1.07. The van der Waals surface area contributed by atoms with Gasteiger partial charge in [-0.25, -0.2) is 4.79 Å². The highest BCUT2D eigenvalue weighted by atomic mass is 16.4. The number of aryl methyl sites for hydroxylation is 1. The smallest absolute Gasteiger partial charge is 0.337 e. The number of rotatable bonds is 5. The highest BCUT2D eigenvalue weighted by Gasteiger charge is 2.14. The number of carbonyl (C=O) groups excluding carboxylic acids is 1. The molecule has 114 valence electrons. The van der Waals surface area contributed by atoms with E-state index in [0.717, 1.165) is 17.5 Å². The molecule has 2 aromatic rings. The van der Waals surface area contributed by atoms with E-state index in [-0.39, 0.29) is 17.2 Å². The van der Waals surface area contributed by atoms with Gasteiger partial charge < -0.3 is 16.2 Å². The van der Waals surface area contributed by atoms with Crippen LogP contribution >= 0.6 is 0 Å². The molecular weight excluding hydrogens is 280 g/mol. The highest BCUT2D eigenvalue weighted by Crippen LogP contribution is 2.19. The van der Waals surface area contributed by atoms with Crippen LogP contribution in [0.1, 0.15) is 38.8 Å². The maximum atomic E-state index is 12.2. The first-order valence-electron chi connectivity index (χ1n) is 7.01. The van der Waals surface area contributed by atoms with Crippen LogP contribution in [-0.2, 0) is 13.0 Å². The van der Waals surface area contributed by atoms with E-state index in [1.165, 1.54) is 0 Å².